The highest BCUT2D eigenvalue weighted by molar-refractivity contribution is 5.97. The molecule has 0 radical (unpaired) electrons. The van der Waals surface area contributed by atoms with Crippen molar-refractivity contribution >= 4 is 11.8 Å². The molecule has 0 atom stereocenters. The molecule has 4 heteroatoms. The number of esters is 1. The Morgan fingerprint density at radius 1 is 1.09 bits per heavy atom. The maximum absolute atomic E-state index is 12.3. The third-order valence-electron chi connectivity index (χ3n) is 3.57. The summed E-state index contributed by atoms with van der Waals surface area (Å²) >= 11 is 0. The van der Waals surface area contributed by atoms with Crippen molar-refractivity contribution in [3.8, 4) is 0 Å². The molecule has 0 saturated heterocycles. The lowest BCUT2D eigenvalue weighted by molar-refractivity contribution is -0.143. The van der Waals surface area contributed by atoms with Crippen molar-refractivity contribution < 1.29 is 14.3 Å². The van der Waals surface area contributed by atoms with Crippen LogP contribution in [-0.4, -0.2) is 22.9 Å². The average Bonchev–Trinajstić information content (AvgIpc) is 2.86. The lowest BCUT2D eigenvalue weighted by atomic mass is 10.1. The van der Waals surface area contributed by atoms with Crippen molar-refractivity contribution in [1.82, 2.24) is 4.57 Å². The van der Waals surface area contributed by atoms with Crippen LogP contribution < -0.4 is 0 Å². The van der Waals surface area contributed by atoms with Crippen molar-refractivity contribution in [2.75, 3.05) is 6.61 Å². The number of nitrogens with zero attached hydrogens (tertiary/aromatic N) is 1. The molecule has 0 spiro atoms. The van der Waals surface area contributed by atoms with Gasteiger partial charge in [-0.25, -0.2) is 0 Å². The molecule has 0 unspecified atom stereocenters. The fourth-order valence-electron chi connectivity index (χ4n) is 2.42. The minimum Gasteiger partial charge on any atom is -0.466 e. The quantitative estimate of drug-likeness (QED) is 0.583. The van der Waals surface area contributed by atoms with Crippen molar-refractivity contribution in [1.29, 1.82) is 0 Å². The molecule has 1 heterocycles. The Hall–Kier alpha value is -2.36. The lowest BCUT2D eigenvalue weighted by Crippen LogP contribution is -2.14. The summed E-state index contributed by atoms with van der Waals surface area (Å²) in [6.07, 6.45) is 0.649. The molecule has 2 aromatic rings. The van der Waals surface area contributed by atoms with Crippen molar-refractivity contribution in [3.63, 3.8) is 0 Å². The van der Waals surface area contributed by atoms with Crippen LogP contribution in [0.3, 0.4) is 0 Å². The van der Waals surface area contributed by atoms with E-state index in [1.165, 1.54) is 0 Å². The van der Waals surface area contributed by atoms with Crippen LogP contribution in [0.5, 0.6) is 0 Å². The van der Waals surface area contributed by atoms with Gasteiger partial charge in [-0.1, -0.05) is 30.3 Å². The minimum absolute atomic E-state index is 0.0797. The summed E-state index contributed by atoms with van der Waals surface area (Å²) in [4.78, 5) is 23.8. The third kappa shape index (κ3) is 4.07. The van der Waals surface area contributed by atoms with Gasteiger partial charge in [0.25, 0.3) is 0 Å². The lowest BCUT2D eigenvalue weighted by Gasteiger charge is -2.11. The Morgan fingerprint density at radius 3 is 2.50 bits per heavy atom. The van der Waals surface area contributed by atoms with Crippen molar-refractivity contribution in [2.45, 2.75) is 33.2 Å². The molecule has 116 valence electrons. The van der Waals surface area contributed by atoms with Crippen LogP contribution >= 0.6 is 0 Å². The zero-order valence-electron chi connectivity index (χ0n) is 13.0. The van der Waals surface area contributed by atoms with E-state index in [1.54, 1.807) is 6.92 Å². The summed E-state index contributed by atoms with van der Waals surface area (Å²) in [5, 5.41) is 0. The maximum Gasteiger partial charge on any atom is 0.307 e. The number of benzene rings is 1. The molecule has 0 aliphatic rings. The molecule has 0 aliphatic carbocycles. The molecule has 22 heavy (non-hydrogen) atoms. The highest BCUT2D eigenvalue weighted by Crippen LogP contribution is 2.13. The second kappa shape index (κ2) is 7.59. The molecule has 1 aromatic heterocycles. The van der Waals surface area contributed by atoms with E-state index in [4.69, 9.17) is 4.74 Å². The molecule has 0 amide bonds. The van der Waals surface area contributed by atoms with Gasteiger partial charge in [0.05, 0.1) is 19.4 Å². The van der Waals surface area contributed by atoms with Gasteiger partial charge in [-0.15, -0.1) is 0 Å². The van der Waals surface area contributed by atoms with E-state index in [1.807, 2.05) is 54.0 Å². The third-order valence-corrected chi connectivity index (χ3v) is 3.57. The first-order chi connectivity index (χ1) is 10.6. The predicted octanol–water partition coefficient (Wildman–Crippen LogP) is 3.18. The van der Waals surface area contributed by atoms with Gasteiger partial charge in [0.15, 0.2) is 5.78 Å². The van der Waals surface area contributed by atoms with Gasteiger partial charge < -0.3 is 9.30 Å². The van der Waals surface area contributed by atoms with Gasteiger partial charge in [-0.2, -0.15) is 0 Å². The predicted molar refractivity (Wildman–Crippen MR) is 84.9 cm³/mol. The van der Waals surface area contributed by atoms with Crippen LogP contribution in [0.1, 0.15) is 35.1 Å². The van der Waals surface area contributed by atoms with Crippen molar-refractivity contribution in [2.24, 2.45) is 0 Å². The molecular formula is C18H21NO3. The van der Waals surface area contributed by atoms with Crippen LogP contribution in [0.25, 0.3) is 0 Å². The second-order valence-corrected chi connectivity index (χ2v) is 5.14. The van der Waals surface area contributed by atoms with Crippen LogP contribution in [0.2, 0.25) is 0 Å². The maximum atomic E-state index is 12.3. The smallest absolute Gasteiger partial charge is 0.307 e. The van der Waals surface area contributed by atoms with Crippen LogP contribution in [0, 0.1) is 6.92 Å². The number of hydrogen-bond acceptors (Lipinski definition) is 3. The summed E-state index contributed by atoms with van der Waals surface area (Å²) in [7, 11) is 0. The molecular weight excluding hydrogens is 278 g/mol. The Labute approximate surface area is 130 Å². The van der Waals surface area contributed by atoms with Crippen LogP contribution in [0.15, 0.2) is 42.5 Å². The first-order valence-corrected chi connectivity index (χ1v) is 7.50. The number of hydrogen-bond donors (Lipinski definition) is 0. The molecule has 1 aromatic carbocycles. The fourth-order valence-corrected chi connectivity index (χ4v) is 2.42. The van der Waals surface area contributed by atoms with Gasteiger partial charge in [-0.3, -0.25) is 9.59 Å². The number of aryl methyl sites for hydroxylation is 1. The zero-order chi connectivity index (χ0) is 15.9. The molecule has 0 bridgehead atoms. The van der Waals surface area contributed by atoms with Gasteiger partial charge >= 0.3 is 5.97 Å². The summed E-state index contributed by atoms with van der Waals surface area (Å²) in [6, 6.07) is 13.2. The van der Waals surface area contributed by atoms with Gasteiger partial charge in [-0.05, 0) is 26.0 Å². The number of rotatable bonds is 7. The van der Waals surface area contributed by atoms with E-state index in [2.05, 4.69) is 0 Å². The molecule has 0 aliphatic heterocycles. The summed E-state index contributed by atoms with van der Waals surface area (Å²) in [6.45, 7) is 4.70. The molecule has 0 fully saturated rings. The van der Waals surface area contributed by atoms with Gasteiger partial charge in [0, 0.05) is 23.5 Å². The van der Waals surface area contributed by atoms with Crippen LogP contribution in [0.4, 0.5) is 0 Å². The van der Waals surface area contributed by atoms with E-state index in [0.717, 1.165) is 11.4 Å². The Bertz CT molecular complexity index is 644. The average molecular weight is 299 g/mol. The number of aromatic nitrogens is 1. The number of ketones is 1. The number of ether oxygens (including phenoxy) is 1. The Balaban J connectivity index is 2.06. The Kier molecular flexibility index (Phi) is 5.53. The minimum atomic E-state index is -0.212. The standard InChI is InChI=1S/C18H21NO3/c1-3-22-18(21)11-12-19-14(2)9-10-16(19)13-17(20)15-7-5-4-6-8-15/h4-10H,3,11-13H2,1-2H3. The molecule has 2 rings (SSSR count). The van der Waals surface area contributed by atoms with Gasteiger partial charge in [0.2, 0.25) is 0 Å². The topological polar surface area (TPSA) is 48.3 Å². The SMILES string of the molecule is CCOC(=O)CCn1c(C)ccc1CC(=O)c1ccccc1. The first-order valence-electron chi connectivity index (χ1n) is 7.50. The summed E-state index contributed by atoms with van der Waals surface area (Å²) in [5.74, 6) is -0.132. The van der Waals surface area contributed by atoms with E-state index in [0.29, 0.717) is 31.6 Å². The van der Waals surface area contributed by atoms with Gasteiger partial charge in [0.1, 0.15) is 0 Å². The highest BCUT2D eigenvalue weighted by Gasteiger charge is 2.13. The number of Topliss-reactive ketones (excluding diaryl/α,β-unsaturated/α-hetero) is 1. The summed E-state index contributed by atoms with van der Waals surface area (Å²) < 4.78 is 6.96. The number of carbonyl (C=O) groups excluding carboxylic acids is 2. The van der Waals surface area contributed by atoms with Crippen molar-refractivity contribution in [3.05, 3.63) is 59.4 Å². The Morgan fingerprint density at radius 2 is 1.82 bits per heavy atom. The summed E-state index contributed by atoms with van der Waals surface area (Å²) in [5.41, 5.74) is 2.68. The molecule has 0 N–H and O–H groups in total. The fraction of sp³-hybridized carbons (Fsp3) is 0.333. The highest BCUT2D eigenvalue weighted by atomic mass is 16.5. The number of carbonyl (C=O) groups is 2. The molecule has 4 nitrogen and oxygen atoms in total. The zero-order valence-corrected chi connectivity index (χ0v) is 13.0. The van der Waals surface area contributed by atoms with E-state index in [9.17, 15) is 9.59 Å². The van der Waals surface area contributed by atoms with E-state index < -0.39 is 0 Å². The normalized spacial score (nSPS) is 10.5. The monoisotopic (exact) mass is 299 g/mol. The van der Waals surface area contributed by atoms with E-state index in [-0.39, 0.29) is 11.8 Å². The van der Waals surface area contributed by atoms with Crippen LogP contribution in [-0.2, 0) is 22.5 Å². The largest absolute Gasteiger partial charge is 0.466 e. The second-order valence-electron chi connectivity index (χ2n) is 5.14. The molecule has 0 saturated carbocycles. The van der Waals surface area contributed by atoms with E-state index >= 15 is 0 Å². The first kappa shape index (κ1) is 16.0.